The van der Waals surface area contributed by atoms with E-state index in [1.165, 1.54) is 12.1 Å². The number of hydrogen-bond acceptors (Lipinski definition) is 7. The fourth-order valence-electron chi connectivity index (χ4n) is 3.12. The number of ether oxygens (including phenoxy) is 1. The van der Waals surface area contributed by atoms with E-state index in [-0.39, 0.29) is 29.1 Å². The minimum absolute atomic E-state index is 0.194. The summed E-state index contributed by atoms with van der Waals surface area (Å²) < 4.78 is 45.8. The number of amides is 1. The van der Waals surface area contributed by atoms with Crippen molar-refractivity contribution in [2.45, 2.75) is 26.1 Å². The maximum atomic E-state index is 13.3. The first-order valence-electron chi connectivity index (χ1n) is 9.85. The quantitative estimate of drug-likeness (QED) is 0.312. The summed E-state index contributed by atoms with van der Waals surface area (Å²) >= 11 is 0. The predicted octanol–water partition coefficient (Wildman–Crippen LogP) is 3.53. The SMILES string of the molecule is CCCn1nc(C(=O)OCC(=O)Nc2ccc([N+](=O)[O-])cc2C(F)(F)F)c2ccccc2c1=O. The van der Waals surface area contributed by atoms with Crippen LogP contribution in [0.4, 0.5) is 24.5 Å². The highest BCUT2D eigenvalue weighted by atomic mass is 19.4. The second-order valence-corrected chi connectivity index (χ2v) is 7.03. The van der Waals surface area contributed by atoms with Gasteiger partial charge in [0.2, 0.25) is 0 Å². The van der Waals surface area contributed by atoms with Crippen LogP contribution in [0.3, 0.4) is 0 Å². The molecule has 0 aliphatic carbocycles. The van der Waals surface area contributed by atoms with E-state index in [1.54, 1.807) is 19.1 Å². The predicted molar refractivity (Wildman–Crippen MR) is 113 cm³/mol. The number of aromatic nitrogens is 2. The number of esters is 1. The molecule has 2 aromatic carbocycles. The van der Waals surface area contributed by atoms with Gasteiger partial charge < -0.3 is 10.1 Å². The molecule has 0 unspecified atom stereocenters. The molecule has 1 amide bonds. The molecule has 0 saturated heterocycles. The number of fused-ring (bicyclic) bond motifs is 1. The van der Waals surface area contributed by atoms with Crippen LogP contribution in [0.2, 0.25) is 0 Å². The summed E-state index contributed by atoms with van der Waals surface area (Å²) in [6.07, 6.45) is -4.43. The van der Waals surface area contributed by atoms with Crippen molar-refractivity contribution in [3.63, 3.8) is 0 Å². The van der Waals surface area contributed by atoms with Crippen LogP contribution in [0.25, 0.3) is 10.8 Å². The van der Waals surface area contributed by atoms with E-state index >= 15 is 0 Å². The summed E-state index contributed by atoms with van der Waals surface area (Å²) in [4.78, 5) is 47.0. The Balaban J connectivity index is 1.81. The number of nitro groups is 1. The average molecular weight is 478 g/mol. The molecule has 1 aromatic heterocycles. The van der Waals surface area contributed by atoms with Crippen molar-refractivity contribution in [2.75, 3.05) is 11.9 Å². The molecule has 0 spiro atoms. The summed E-state index contributed by atoms with van der Waals surface area (Å²) in [6, 6.07) is 7.97. The standard InChI is InChI=1S/C21H17F3N4O6/c1-2-9-27-19(30)14-6-4-3-5-13(14)18(26-27)20(31)34-11-17(29)25-16-8-7-12(28(32)33)10-15(16)21(22,23)24/h3-8,10H,2,9,11H2,1H3,(H,25,29). The molecular weight excluding hydrogens is 461 g/mol. The first-order chi connectivity index (χ1) is 16.0. The molecule has 3 aromatic rings. The molecule has 0 bridgehead atoms. The van der Waals surface area contributed by atoms with Gasteiger partial charge in [-0.2, -0.15) is 18.3 Å². The summed E-state index contributed by atoms with van der Waals surface area (Å²) in [5.74, 6) is -2.17. The highest BCUT2D eigenvalue weighted by Crippen LogP contribution is 2.37. The molecule has 1 N–H and O–H groups in total. The van der Waals surface area contributed by atoms with Gasteiger partial charge in [0.15, 0.2) is 12.3 Å². The van der Waals surface area contributed by atoms with Crippen molar-refractivity contribution in [3.8, 4) is 0 Å². The van der Waals surface area contributed by atoms with Crippen molar-refractivity contribution in [1.82, 2.24) is 9.78 Å². The minimum atomic E-state index is -4.98. The van der Waals surface area contributed by atoms with Gasteiger partial charge in [-0.25, -0.2) is 9.48 Å². The number of nitro benzene ring substituents is 1. The smallest absolute Gasteiger partial charge is 0.418 e. The zero-order valence-electron chi connectivity index (χ0n) is 17.6. The fraction of sp³-hybridized carbons (Fsp3) is 0.238. The molecule has 0 atom stereocenters. The number of nitrogens with one attached hydrogen (secondary N) is 1. The van der Waals surface area contributed by atoms with Gasteiger partial charge in [-0.3, -0.25) is 19.7 Å². The summed E-state index contributed by atoms with van der Waals surface area (Å²) in [6.45, 7) is 1.07. The van der Waals surface area contributed by atoms with E-state index in [0.717, 1.165) is 16.8 Å². The lowest BCUT2D eigenvalue weighted by atomic mass is 10.1. The second kappa shape index (κ2) is 9.68. The van der Waals surface area contributed by atoms with Crippen LogP contribution < -0.4 is 10.9 Å². The molecule has 10 nitrogen and oxygen atoms in total. The van der Waals surface area contributed by atoms with E-state index in [4.69, 9.17) is 4.74 Å². The van der Waals surface area contributed by atoms with Crippen molar-refractivity contribution < 1.29 is 32.4 Å². The Labute approximate surface area is 189 Å². The first-order valence-corrected chi connectivity index (χ1v) is 9.85. The third-order valence-electron chi connectivity index (χ3n) is 4.62. The molecule has 0 radical (unpaired) electrons. The number of benzene rings is 2. The largest absolute Gasteiger partial charge is 0.451 e. The first kappa shape index (κ1) is 24.4. The van der Waals surface area contributed by atoms with E-state index in [9.17, 15) is 37.7 Å². The number of carbonyl (C=O) groups excluding carboxylic acids is 2. The van der Waals surface area contributed by atoms with Gasteiger partial charge in [0.25, 0.3) is 17.2 Å². The number of carbonyl (C=O) groups is 2. The molecule has 0 saturated carbocycles. The van der Waals surface area contributed by atoms with Gasteiger partial charge in [-0.15, -0.1) is 0 Å². The number of alkyl halides is 3. The van der Waals surface area contributed by atoms with E-state index in [1.807, 2.05) is 5.32 Å². The summed E-state index contributed by atoms with van der Waals surface area (Å²) in [5.41, 5.74) is -3.62. The van der Waals surface area contributed by atoms with Crippen molar-refractivity contribution >= 4 is 34.0 Å². The number of hydrogen-bond donors (Lipinski definition) is 1. The van der Waals surface area contributed by atoms with E-state index in [0.29, 0.717) is 6.42 Å². The Morgan fingerprint density at radius 3 is 2.47 bits per heavy atom. The summed E-state index contributed by atoms with van der Waals surface area (Å²) in [5, 5.41) is 17.1. The third-order valence-corrected chi connectivity index (χ3v) is 4.62. The summed E-state index contributed by atoms with van der Waals surface area (Å²) in [7, 11) is 0. The Hall–Kier alpha value is -4.29. The molecule has 1 heterocycles. The Kier molecular flexibility index (Phi) is 6.94. The number of aryl methyl sites for hydroxylation is 1. The van der Waals surface area contributed by atoms with Crippen LogP contribution in [0, 0.1) is 10.1 Å². The third kappa shape index (κ3) is 5.19. The number of halogens is 3. The van der Waals surface area contributed by atoms with Crippen LogP contribution in [-0.2, 0) is 22.3 Å². The number of nitrogens with zero attached hydrogens (tertiary/aromatic N) is 3. The van der Waals surface area contributed by atoms with Gasteiger partial charge in [-0.1, -0.05) is 25.1 Å². The Morgan fingerprint density at radius 2 is 1.85 bits per heavy atom. The van der Waals surface area contributed by atoms with Crippen molar-refractivity contribution in [2.24, 2.45) is 0 Å². The topological polar surface area (TPSA) is 133 Å². The average Bonchev–Trinajstić information content (AvgIpc) is 2.79. The molecule has 34 heavy (non-hydrogen) atoms. The molecule has 0 aliphatic rings. The van der Waals surface area contributed by atoms with Gasteiger partial charge >= 0.3 is 12.1 Å². The molecule has 178 valence electrons. The van der Waals surface area contributed by atoms with Crippen molar-refractivity contribution in [1.29, 1.82) is 0 Å². The lowest BCUT2D eigenvalue weighted by Gasteiger charge is -2.14. The Bertz CT molecular complexity index is 1340. The highest BCUT2D eigenvalue weighted by Gasteiger charge is 2.35. The zero-order valence-corrected chi connectivity index (χ0v) is 17.6. The maximum Gasteiger partial charge on any atom is 0.418 e. The maximum absolute atomic E-state index is 13.3. The van der Waals surface area contributed by atoms with Crippen LogP contribution >= 0.6 is 0 Å². The Morgan fingerprint density at radius 1 is 1.18 bits per heavy atom. The van der Waals surface area contributed by atoms with Gasteiger partial charge in [0.05, 0.1) is 21.6 Å². The second-order valence-electron chi connectivity index (χ2n) is 7.03. The zero-order chi connectivity index (χ0) is 25.0. The number of rotatable bonds is 7. The molecule has 3 rings (SSSR count). The molecule has 0 fully saturated rings. The highest BCUT2D eigenvalue weighted by molar-refractivity contribution is 6.03. The van der Waals surface area contributed by atoms with E-state index < -0.39 is 52.1 Å². The van der Waals surface area contributed by atoms with Crippen LogP contribution in [0.1, 0.15) is 29.4 Å². The lowest BCUT2D eigenvalue weighted by molar-refractivity contribution is -0.385. The van der Waals surface area contributed by atoms with Crippen LogP contribution in [0.15, 0.2) is 47.3 Å². The van der Waals surface area contributed by atoms with E-state index in [2.05, 4.69) is 5.10 Å². The normalized spacial score (nSPS) is 11.3. The molecular formula is C21H17F3N4O6. The number of anilines is 1. The minimum Gasteiger partial charge on any atom is -0.451 e. The molecule has 13 heteroatoms. The van der Waals surface area contributed by atoms with Gasteiger partial charge in [-0.05, 0) is 18.6 Å². The van der Waals surface area contributed by atoms with Crippen LogP contribution in [0.5, 0.6) is 0 Å². The number of non-ortho nitro benzene ring substituents is 1. The molecule has 0 aliphatic heterocycles. The lowest BCUT2D eigenvalue weighted by Crippen LogP contribution is -2.28. The van der Waals surface area contributed by atoms with Gasteiger partial charge in [0.1, 0.15) is 0 Å². The monoisotopic (exact) mass is 478 g/mol. The van der Waals surface area contributed by atoms with Crippen LogP contribution in [-0.4, -0.2) is 33.2 Å². The van der Waals surface area contributed by atoms with Crippen molar-refractivity contribution in [3.05, 3.63) is 74.2 Å². The fourth-order valence-corrected chi connectivity index (χ4v) is 3.12. The van der Waals surface area contributed by atoms with Gasteiger partial charge in [0, 0.05) is 24.1 Å².